The predicted octanol–water partition coefficient (Wildman–Crippen LogP) is 5.21. The van der Waals surface area contributed by atoms with Crippen molar-refractivity contribution >= 4 is 23.6 Å². The molecule has 1 unspecified atom stereocenters. The number of fused-ring (bicyclic) bond motifs is 1. The second kappa shape index (κ2) is 16.1. The monoisotopic (exact) mass is 585 g/mol. The number of ether oxygens (including phenoxy) is 3. The molecule has 2 aliphatic rings. The van der Waals surface area contributed by atoms with E-state index in [1.165, 1.54) is 39.2 Å². The van der Waals surface area contributed by atoms with Gasteiger partial charge in [0.2, 0.25) is 0 Å². The highest BCUT2D eigenvalue weighted by atomic mass is 35.5. The summed E-state index contributed by atoms with van der Waals surface area (Å²) in [6, 6.07) is 11.6. The zero-order chi connectivity index (χ0) is 29.0. The van der Waals surface area contributed by atoms with Crippen molar-refractivity contribution in [1.82, 2.24) is 16.0 Å². The molecule has 1 aliphatic heterocycles. The first-order chi connectivity index (χ1) is 20.0. The molecular formula is C32H44ClN3O5. The van der Waals surface area contributed by atoms with Crippen LogP contribution >= 0.6 is 11.6 Å². The van der Waals surface area contributed by atoms with Crippen molar-refractivity contribution in [2.24, 2.45) is 5.92 Å². The molecule has 3 N–H and O–H groups in total. The van der Waals surface area contributed by atoms with Crippen molar-refractivity contribution < 1.29 is 23.8 Å². The van der Waals surface area contributed by atoms with Gasteiger partial charge in [0.05, 0.1) is 26.9 Å². The molecule has 0 radical (unpaired) electrons. The van der Waals surface area contributed by atoms with Gasteiger partial charge >= 0.3 is 6.09 Å². The van der Waals surface area contributed by atoms with Crippen LogP contribution in [0.4, 0.5) is 4.79 Å². The first-order valence-electron chi connectivity index (χ1n) is 14.9. The Bertz CT molecular complexity index is 1150. The number of carbonyl (C=O) groups excluding carboxylic acids is 2. The topological polar surface area (TPSA) is 97.9 Å². The minimum absolute atomic E-state index is 0.0607. The lowest BCUT2D eigenvalue weighted by atomic mass is 9.84. The zero-order valence-corrected chi connectivity index (χ0v) is 25.1. The van der Waals surface area contributed by atoms with Crippen LogP contribution in [0.25, 0.3) is 0 Å². The highest BCUT2D eigenvalue weighted by molar-refractivity contribution is 6.30. The van der Waals surface area contributed by atoms with E-state index < -0.39 is 12.2 Å². The maximum atomic E-state index is 13.8. The Balaban J connectivity index is 1.64. The molecule has 9 heteroatoms. The third kappa shape index (κ3) is 9.17. The highest BCUT2D eigenvalue weighted by Crippen LogP contribution is 2.34. The van der Waals surface area contributed by atoms with E-state index in [2.05, 4.69) is 20.7 Å². The molecule has 2 aromatic rings. The summed E-state index contributed by atoms with van der Waals surface area (Å²) in [6.07, 6.45) is 7.78. The average Bonchev–Trinajstić information content (AvgIpc) is 3.23. The van der Waals surface area contributed by atoms with Crippen LogP contribution in [0, 0.1) is 5.92 Å². The van der Waals surface area contributed by atoms with Crippen LogP contribution in [-0.2, 0) is 27.1 Å². The van der Waals surface area contributed by atoms with Gasteiger partial charge in [0.1, 0.15) is 6.10 Å². The SMILES string of the molecule is CNC[C@H](CC1CCCCC1)NC(=O)c1cc2c(c(C(OCCNC(=O)OC)c3cccc(Cl)c3)c1)CCOCC2. The van der Waals surface area contributed by atoms with Crippen molar-refractivity contribution in [1.29, 1.82) is 0 Å². The average molecular weight is 586 g/mol. The summed E-state index contributed by atoms with van der Waals surface area (Å²) >= 11 is 6.40. The first kappa shape index (κ1) is 31.3. The van der Waals surface area contributed by atoms with Gasteiger partial charge in [0.25, 0.3) is 5.91 Å². The smallest absolute Gasteiger partial charge is 0.406 e. The number of likely N-dealkylation sites (N-methyl/N-ethyl adjacent to an activating group) is 1. The maximum absolute atomic E-state index is 13.8. The Kier molecular flexibility index (Phi) is 12.3. The molecule has 41 heavy (non-hydrogen) atoms. The molecule has 1 aliphatic carbocycles. The fraction of sp³-hybridized carbons (Fsp3) is 0.562. The van der Waals surface area contributed by atoms with Gasteiger partial charge in [-0.1, -0.05) is 55.8 Å². The molecule has 4 rings (SSSR count). The lowest BCUT2D eigenvalue weighted by Gasteiger charge is -2.28. The molecule has 224 valence electrons. The minimum Gasteiger partial charge on any atom is -0.453 e. The summed E-state index contributed by atoms with van der Waals surface area (Å²) in [5.74, 6) is 0.578. The number of halogens is 1. The zero-order valence-electron chi connectivity index (χ0n) is 24.3. The summed E-state index contributed by atoms with van der Waals surface area (Å²) < 4.78 is 16.9. The molecule has 0 bridgehead atoms. The second-order valence-corrected chi connectivity index (χ2v) is 11.4. The summed E-state index contributed by atoms with van der Waals surface area (Å²) in [4.78, 5) is 25.4. The molecule has 1 saturated carbocycles. The van der Waals surface area contributed by atoms with E-state index in [4.69, 9.17) is 21.1 Å². The Morgan fingerprint density at radius 3 is 2.66 bits per heavy atom. The lowest BCUT2D eigenvalue weighted by molar-refractivity contribution is 0.0795. The van der Waals surface area contributed by atoms with Gasteiger partial charge in [-0.3, -0.25) is 4.79 Å². The molecule has 1 fully saturated rings. The number of alkyl carbamates (subject to hydrolysis) is 1. The molecule has 1 heterocycles. The fourth-order valence-electron chi connectivity index (χ4n) is 6.08. The van der Waals surface area contributed by atoms with Crippen molar-refractivity contribution in [2.45, 2.75) is 63.5 Å². The van der Waals surface area contributed by atoms with Crippen molar-refractivity contribution in [3.05, 3.63) is 69.2 Å². The number of hydrogen-bond donors (Lipinski definition) is 3. The Morgan fingerprint density at radius 2 is 1.90 bits per heavy atom. The number of amides is 2. The number of methoxy groups -OCH3 is 1. The Morgan fingerprint density at radius 1 is 1.10 bits per heavy atom. The van der Waals surface area contributed by atoms with Gasteiger partial charge in [0, 0.05) is 29.7 Å². The highest BCUT2D eigenvalue weighted by Gasteiger charge is 2.26. The Hall–Kier alpha value is -2.65. The van der Waals surface area contributed by atoms with Crippen LogP contribution in [0.15, 0.2) is 36.4 Å². The summed E-state index contributed by atoms with van der Waals surface area (Å²) in [6.45, 7) is 2.47. The van der Waals surface area contributed by atoms with E-state index in [1.54, 1.807) is 0 Å². The molecule has 0 saturated heterocycles. The van der Waals surface area contributed by atoms with E-state index in [-0.39, 0.29) is 25.1 Å². The van der Waals surface area contributed by atoms with Crippen LogP contribution in [0.5, 0.6) is 0 Å². The van der Waals surface area contributed by atoms with E-state index >= 15 is 0 Å². The molecule has 8 nitrogen and oxygen atoms in total. The largest absolute Gasteiger partial charge is 0.453 e. The molecule has 0 spiro atoms. The van der Waals surface area contributed by atoms with E-state index in [9.17, 15) is 9.59 Å². The first-order valence-corrected chi connectivity index (χ1v) is 15.2. The van der Waals surface area contributed by atoms with E-state index in [1.807, 2.05) is 43.4 Å². The number of rotatable bonds is 12. The third-order valence-electron chi connectivity index (χ3n) is 8.05. The summed E-state index contributed by atoms with van der Waals surface area (Å²) in [5, 5.41) is 9.87. The lowest BCUT2D eigenvalue weighted by Crippen LogP contribution is -2.42. The van der Waals surface area contributed by atoms with E-state index in [0.717, 1.165) is 48.1 Å². The van der Waals surface area contributed by atoms with Crippen LogP contribution in [0.3, 0.4) is 0 Å². The van der Waals surface area contributed by atoms with Crippen LogP contribution in [-0.4, -0.2) is 65.1 Å². The summed E-state index contributed by atoms with van der Waals surface area (Å²) in [5.41, 5.74) is 4.67. The minimum atomic E-state index is -0.512. The van der Waals surface area contributed by atoms with Crippen LogP contribution in [0.1, 0.15) is 77.2 Å². The van der Waals surface area contributed by atoms with E-state index in [0.29, 0.717) is 29.7 Å². The normalized spacial score (nSPS) is 17.1. The van der Waals surface area contributed by atoms with Gasteiger partial charge in [-0.15, -0.1) is 0 Å². The van der Waals surface area contributed by atoms with Crippen molar-refractivity contribution in [3.63, 3.8) is 0 Å². The van der Waals surface area contributed by atoms with Crippen molar-refractivity contribution in [2.75, 3.05) is 47.1 Å². The van der Waals surface area contributed by atoms with Gasteiger partial charge in [-0.2, -0.15) is 0 Å². The summed E-state index contributed by atoms with van der Waals surface area (Å²) in [7, 11) is 3.26. The van der Waals surface area contributed by atoms with Gasteiger partial charge in [-0.25, -0.2) is 4.79 Å². The van der Waals surface area contributed by atoms with Crippen LogP contribution in [0.2, 0.25) is 5.02 Å². The predicted molar refractivity (Wildman–Crippen MR) is 161 cm³/mol. The quantitative estimate of drug-likeness (QED) is 0.296. The van der Waals surface area contributed by atoms with Gasteiger partial charge in [-0.05, 0) is 78.7 Å². The third-order valence-corrected chi connectivity index (χ3v) is 8.29. The Labute approximate surface area is 248 Å². The molecule has 0 aromatic heterocycles. The maximum Gasteiger partial charge on any atom is 0.406 e. The number of benzene rings is 2. The second-order valence-electron chi connectivity index (χ2n) is 11.0. The molecular weight excluding hydrogens is 542 g/mol. The van der Waals surface area contributed by atoms with Gasteiger partial charge < -0.3 is 30.2 Å². The van der Waals surface area contributed by atoms with Crippen LogP contribution < -0.4 is 16.0 Å². The number of nitrogens with one attached hydrogen (secondary N) is 3. The fourth-order valence-corrected chi connectivity index (χ4v) is 6.28. The number of carbonyl (C=O) groups is 2. The van der Waals surface area contributed by atoms with Crippen molar-refractivity contribution in [3.8, 4) is 0 Å². The molecule has 2 atom stereocenters. The standard InChI is InChI=1S/C32H44ClN3O5/c1-34-21-27(17-22-7-4-3-5-8-22)36-31(37)25-18-23-11-14-40-15-12-28(23)29(20-25)30(24-9-6-10-26(33)19-24)41-16-13-35-32(38)39-2/h6,9-10,18-20,22,27,30,34H,3-5,7-8,11-17,21H2,1-2H3,(H,35,38)(H,36,37)/t27-,30?/m0/s1. The molecule has 2 aromatic carbocycles. The number of hydrogen-bond acceptors (Lipinski definition) is 6. The molecule has 2 amide bonds. The van der Waals surface area contributed by atoms with Gasteiger partial charge in [0.15, 0.2) is 0 Å².